The Bertz CT molecular complexity index is 1310. The number of carbonyl (C=O) groups is 4. The summed E-state index contributed by atoms with van der Waals surface area (Å²) in [4.78, 5) is 55.1. The molecular weight excluding hydrogens is 555 g/mol. The average molecular weight is 597 g/mol. The van der Waals surface area contributed by atoms with Crippen LogP contribution in [0, 0.1) is 11.7 Å². The van der Waals surface area contributed by atoms with Crippen molar-refractivity contribution in [2.45, 2.75) is 57.0 Å². The van der Waals surface area contributed by atoms with E-state index in [0.29, 0.717) is 38.2 Å². The monoisotopic (exact) mass is 596 g/mol. The summed E-state index contributed by atoms with van der Waals surface area (Å²) in [7, 11) is 1.64. The van der Waals surface area contributed by atoms with Crippen LogP contribution in [-0.2, 0) is 24.5 Å². The van der Waals surface area contributed by atoms with Crippen LogP contribution in [0.5, 0.6) is 5.75 Å². The van der Waals surface area contributed by atoms with E-state index in [-0.39, 0.29) is 49.3 Å². The van der Waals surface area contributed by atoms with Gasteiger partial charge in [0.25, 0.3) is 5.91 Å². The number of para-hydroxylation sites is 1. The van der Waals surface area contributed by atoms with Crippen LogP contribution in [0.15, 0.2) is 48.5 Å². The highest BCUT2D eigenvalue weighted by molar-refractivity contribution is 6.01. The van der Waals surface area contributed by atoms with Crippen LogP contribution in [-0.4, -0.2) is 80.6 Å². The van der Waals surface area contributed by atoms with Crippen molar-refractivity contribution in [3.63, 3.8) is 0 Å². The number of hydrogen-bond donors (Lipinski definition) is 3. The summed E-state index contributed by atoms with van der Waals surface area (Å²) in [6.45, 7) is 5.34. The van der Waals surface area contributed by atoms with Crippen molar-refractivity contribution in [2.75, 3.05) is 40.0 Å². The quantitative estimate of drug-likeness (QED) is 0.471. The molecule has 43 heavy (non-hydrogen) atoms. The van der Waals surface area contributed by atoms with Crippen molar-refractivity contribution in [3.8, 4) is 5.75 Å². The Morgan fingerprint density at radius 3 is 2.53 bits per heavy atom. The maximum absolute atomic E-state index is 14.2. The molecule has 0 radical (unpaired) electrons. The van der Waals surface area contributed by atoms with E-state index in [9.17, 15) is 23.6 Å². The van der Waals surface area contributed by atoms with Crippen molar-refractivity contribution < 1.29 is 33.0 Å². The normalized spacial score (nSPS) is 21.6. The van der Waals surface area contributed by atoms with E-state index in [2.05, 4.69) is 16.0 Å². The van der Waals surface area contributed by atoms with Crippen LogP contribution < -0.4 is 20.7 Å². The average Bonchev–Trinajstić information content (AvgIpc) is 2.98. The van der Waals surface area contributed by atoms with Gasteiger partial charge in [-0.05, 0) is 55.0 Å². The molecule has 4 rings (SSSR count). The second kappa shape index (κ2) is 14.5. The molecule has 0 aliphatic carbocycles. The zero-order valence-electron chi connectivity index (χ0n) is 25.0. The first-order chi connectivity index (χ1) is 20.6. The fourth-order valence-corrected chi connectivity index (χ4v) is 5.55. The molecule has 2 aromatic carbocycles. The number of rotatable bonds is 6. The van der Waals surface area contributed by atoms with E-state index in [1.165, 1.54) is 17.0 Å². The molecule has 0 unspecified atom stereocenters. The van der Waals surface area contributed by atoms with Crippen molar-refractivity contribution in [2.24, 2.45) is 5.92 Å². The molecular formula is C32H41FN4O6. The molecule has 4 amide bonds. The number of nitrogens with one attached hydrogen (secondary N) is 3. The summed E-state index contributed by atoms with van der Waals surface area (Å²) < 4.78 is 25.6. The highest BCUT2D eigenvalue weighted by atomic mass is 19.1. The lowest BCUT2D eigenvalue weighted by molar-refractivity contribution is -0.136. The molecule has 232 valence electrons. The molecule has 1 fully saturated rings. The molecule has 0 spiro atoms. The van der Waals surface area contributed by atoms with E-state index in [1.807, 2.05) is 19.9 Å². The van der Waals surface area contributed by atoms with Gasteiger partial charge in [0.1, 0.15) is 30.3 Å². The first kappa shape index (κ1) is 31.9. The van der Waals surface area contributed by atoms with Gasteiger partial charge >= 0.3 is 0 Å². The molecule has 2 aromatic rings. The maximum Gasteiger partial charge on any atom is 0.255 e. The van der Waals surface area contributed by atoms with Gasteiger partial charge in [0.15, 0.2) is 0 Å². The van der Waals surface area contributed by atoms with Crippen LogP contribution in [0.1, 0.15) is 55.5 Å². The highest BCUT2D eigenvalue weighted by Gasteiger charge is 2.37. The van der Waals surface area contributed by atoms with Gasteiger partial charge < -0.3 is 30.3 Å². The largest absolute Gasteiger partial charge is 0.491 e. The number of hydrogen-bond acceptors (Lipinski definition) is 6. The lowest BCUT2D eigenvalue weighted by atomic mass is 9.74. The minimum absolute atomic E-state index is 0.113. The fraction of sp³-hybridized carbons (Fsp3) is 0.500. The molecule has 2 heterocycles. The van der Waals surface area contributed by atoms with E-state index in [1.54, 1.807) is 37.4 Å². The number of amides is 4. The summed E-state index contributed by atoms with van der Waals surface area (Å²) in [6.07, 6.45) is 1.14. The van der Waals surface area contributed by atoms with E-state index in [0.717, 1.165) is 5.56 Å². The van der Waals surface area contributed by atoms with Crippen molar-refractivity contribution in [1.29, 1.82) is 0 Å². The molecule has 0 aromatic heterocycles. The van der Waals surface area contributed by atoms with Gasteiger partial charge in [-0.1, -0.05) is 38.1 Å². The highest BCUT2D eigenvalue weighted by Crippen LogP contribution is 2.34. The van der Waals surface area contributed by atoms with E-state index in [4.69, 9.17) is 9.47 Å². The zero-order valence-corrected chi connectivity index (χ0v) is 25.0. The zero-order chi connectivity index (χ0) is 31.0. The number of carbonyl (C=O) groups excluding carboxylic acids is 4. The Morgan fingerprint density at radius 2 is 1.81 bits per heavy atom. The first-order valence-electron chi connectivity index (χ1n) is 14.8. The smallest absolute Gasteiger partial charge is 0.255 e. The topological polar surface area (TPSA) is 126 Å². The summed E-state index contributed by atoms with van der Waals surface area (Å²) in [6, 6.07) is 10.9. The number of nitrogens with zero attached hydrogens (tertiary/aromatic N) is 1. The summed E-state index contributed by atoms with van der Waals surface area (Å²) >= 11 is 0. The summed E-state index contributed by atoms with van der Waals surface area (Å²) in [5.41, 5.74) is 0.364. The van der Waals surface area contributed by atoms with Gasteiger partial charge in [0.2, 0.25) is 17.7 Å². The van der Waals surface area contributed by atoms with Gasteiger partial charge in [-0.25, -0.2) is 4.39 Å². The third-order valence-corrected chi connectivity index (χ3v) is 8.03. The Morgan fingerprint density at radius 1 is 1.07 bits per heavy atom. The Kier molecular flexibility index (Phi) is 10.7. The molecule has 2 atom stereocenters. The van der Waals surface area contributed by atoms with Gasteiger partial charge in [0, 0.05) is 32.2 Å². The molecule has 11 heteroatoms. The minimum Gasteiger partial charge on any atom is -0.491 e. The number of fused-ring (bicyclic) bond motifs is 1. The Balaban J connectivity index is 1.60. The van der Waals surface area contributed by atoms with Crippen LogP contribution in [0.4, 0.5) is 4.39 Å². The van der Waals surface area contributed by atoms with Crippen LogP contribution in [0.25, 0.3) is 0 Å². The second-order valence-corrected chi connectivity index (χ2v) is 11.7. The predicted molar refractivity (Wildman–Crippen MR) is 158 cm³/mol. The number of ether oxygens (including phenoxy) is 2. The lowest BCUT2D eigenvalue weighted by Gasteiger charge is -2.38. The SMILES string of the molecule is CC(C)C[C@@H]1NC(=O)C[C@@H](C(=O)NCC2(c3cccc(F)c3)CCOCC2)NC(=O)c2ccccc2OCCN(C)C1=O. The maximum atomic E-state index is 14.2. The third-order valence-electron chi connectivity index (χ3n) is 8.03. The van der Waals surface area contributed by atoms with Crippen LogP contribution in [0.2, 0.25) is 0 Å². The number of halogens is 1. The minimum atomic E-state index is -1.25. The fourth-order valence-electron chi connectivity index (χ4n) is 5.55. The lowest BCUT2D eigenvalue weighted by Crippen LogP contribution is -2.54. The Labute approximate surface area is 251 Å². The van der Waals surface area contributed by atoms with Crippen LogP contribution in [0.3, 0.4) is 0 Å². The molecule has 2 aliphatic heterocycles. The molecule has 2 aliphatic rings. The number of benzene rings is 2. The first-order valence-corrected chi connectivity index (χ1v) is 14.8. The molecule has 0 saturated carbocycles. The standard InChI is InChI=1S/C32H41FN4O6/c1-21(2)17-26-31(41)37(3)13-16-43-27-10-5-4-9-24(27)29(39)36-25(19-28(38)35-26)30(40)34-20-32(11-14-42-15-12-32)22-7-6-8-23(33)18-22/h4-10,18,21,25-26H,11-17,19-20H2,1-3H3,(H,34,40)(H,35,38)(H,36,39)/t25-,26-/m0/s1. The van der Waals surface area contributed by atoms with Crippen molar-refractivity contribution in [3.05, 3.63) is 65.5 Å². The van der Waals surface area contributed by atoms with Crippen LogP contribution >= 0.6 is 0 Å². The van der Waals surface area contributed by atoms with Gasteiger partial charge in [-0.3, -0.25) is 19.2 Å². The molecule has 10 nitrogen and oxygen atoms in total. The third kappa shape index (κ3) is 8.31. The van der Waals surface area contributed by atoms with Crippen molar-refractivity contribution in [1.82, 2.24) is 20.9 Å². The summed E-state index contributed by atoms with van der Waals surface area (Å²) in [5.74, 6) is -1.91. The summed E-state index contributed by atoms with van der Waals surface area (Å²) in [5, 5.41) is 8.42. The van der Waals surface area contributed by atoms with Crippen molar-refractivity contribution >= 4 is 23.6 Å². The molecule has 3 N–H and O–H groups in total. The number of likely N-dealkylation sites (N-methyl/N-ethyl adjacent to an activating group) is 1. The second-order valence-electron chi connectivity index (χ2n) is 11.7. The van der Waals surface area contributed by atoms with Gasteiger partial charge in [-0.15, -0.1) is 0 Å². The molecule has 1 saturated heterocycles. The van der Waals surface area contributed by atoms with E-state index < -0.39 is 35.2 Å². The van der Waals surface area contributed by atoms with Gasteiger partial charge in [-0.2, -0.15) is 0 Å². The molecule has 0 bridgehead atoms. The van der Waals surface area contributed by atoms with E-state index >= 15 is 0 Å². The predicted octanol–water partition coefficient (Wildman–Crippen LogP) is 2.56. The Hall–Kier alpha value is -3.99. The van der Waals surface area contributed by atoms with Gasteiger partial charge in [0.05, 0.1) is 18.5 Å².